The van der Waals surface area contributed by atoms with E-state index in [0.29, 0.717) is 34.0 Å². The van der Waals surface area contributed by atoms with E-state index < -0.39 is 6.09 Å². The van der Waals surface area contributed by atoms with E-state index in [4.69, 9.17) is 43.2 Å². The van der Waals surface area contributed by atoms with Gasteiger partial charge in [-0.15, -0.1) is 0 Å². The number of nitrogens with two attached hydrogens (primary N) is 1. The fourth-order valence-corrected chi connectivity index (χ4v) is 4.74. The standard InChI is InChI=1S/C27H35Cl2N3O4/c1-3-4-5-23(36-27(30)33)17-32-14-12-19(13-15-32)18-35-22-10-11-24(25(29)16-22)26(31-34-2)20-6-8-21(28)9-7-20/h6-11,16,19,23H,3-5,12-15,17-18H2,1-2H3,(H2,30,33)/b31-26+/t23-/m1/s1. The second kappa shape index (κ2) is 14.3. The molecule has 2 N–H and O–H groups in total. The third kappa shape index (κ3) is 8.57. The molecule has 1 atom stereocenters. The first-order valence-corrected chi connectivity index (χ1v) is 13.1. The van der Waals surface area contributed by atoms with Gasteiger partial charge in [-0.2, -0.15) is 0 Å². The van der Waals surface area contributed by atoms with Crippen LogP contribution in [0.2, 0.25) is 10.0 Å². The number of oxime groups is 1. The van der Waals surface area contributed by atoms with Crippen molar-refractivity contribution in [3.05, 3.63) is 63.6 Å². The van der Waals surface area contributed by atoms with Gasteiger partial charge in [0.15, 0.2) is 0 Å². The van der Waals surface area contributed by atoms with Crippen molar-refractivity contribution in [3.63, 3.8) is 0 Å². The maximum atomic E-state index is 11.2. The monoisotopic (exact) mass is 535 g/mol. The van der Waals surface area contributed by atoms with E-state index in [1.807, 2.05) is 30.3 Å². The number of carbonyl (C=O) groups is 1. The lowest BCUT2D eigenvalue weighted by Gasteiger charge is -2.33. The summed E-state index contributed by atoms with van der Waals surface area (Å²) in [5.41, 5.74) is 7.47. The van der Waals surface area contributed by atoms with Crippen LogP contribution < -0.4 is 10.5 Å². The van der Waals surface area contributed by atoms with Gasteiger partial charge in [-0.1, -0.05) is 53.8 Å². The van der Waals surface area contributed by atoms with Crippen molar-refractivity contribution < 1.29 is 19.1 Å². The molecule has 0 saturated carbocycles. The third-order valence-electron chi connectivity index (χ3n) is 6.31. The molecule has 0 aliphatic carbocycles. The van der Waals surface area contributed by atoms with Crippen molar-refractivity contribution in [2.24, 2.45) is 16.8 Å². The van der Waals surface area contributed by atoms with Crippen LogP contribution >= 0.6 is 23.2 Å². The average molecular weight is 537 g/mol. The normalized spacial score (nSPS) is 15.9. The lowest BCUT2D eigenvalue weighted by molar-refractivity contribution is 0.0540. The fourth-order valence-electron chi connectivity index (χ4n) is 4.36. The molecule has 1 fully saturated rings. The van der Waals surface area contributed by atoms with Crippen molar-refractivity contribution in [2.75, 3.05) is 33.4 Å². The molecule has 1 aliphatic heterocycles. The topological polar surface area (TPSA) is 86.4 Å². The van der Waals surface area contributed by atoms with Crippen molar-refractivity contribution in [3.8, 4) is 5.75 Å². The zero-order chi connectivity index (χ0) is 25.9. The molecular formula is C27H35Cl2N3O4. The van der Waals surface area contributed by atoms with Gasteiger partial charge in [0.05, 0.1) is 11.6 Å². The van der Waals surface area contributed by atoms with Crippen LogP contribution in [0.15, 0.2) is 47.6 Å². The number of primary amides is 1. The van der Waals surface area contributed by atoms with E-state index in [1.165, 1.54) is 7.11 Å². The summed E-state index contributed by atoms with van der Waals surface area (Å²) >= 11 is 12.6. The van der Waals surface area contributed by atoms with E-state index >= 15 is 0 Å². The lowest BCUT2D eigenvalue weighted by Crippen LogP contribution is -2.41. The predicted octanol–water partition coefficient (Wildman–Crippen LogP) is 6.14. The highest BCUT2D eigenvalue weighted by Gasteiger charge is 2.23. The number of hydrogen-bond donors (Lipinski definition) is 1. The van der Waals surface area contributed by atoms with Crippen molar-refractivity contribution in [2.45, 2.75) is 45.1 Å². The van der Waals surface area contributed by atoms with E-state index in [1.54, 1.807) is 12.1 Å². The minimum Gasteiger partial charge on any atom is -0.493 e. The molecule has 2 aromatic carbocycles. The molecular weight excluding hydrogens is 501 g/mol. The van der Waals surface area contributed by atoms with Gasteiger partial charge >= 0.3 is 6.09 Å². The SMILES string of the molecule is CCCC[C@H](CN1CCC(COc2ccc(/C(=N/OC)c3ccc(Cl)cc3)c(Cl)c2)CC1)OC(N)=O. The van der Waals surface area contributed by atoms with Gasteiger partial charge in [0.2, 0.25) is 0 Å². The Morgan fingerprint density at radius 2 is 1.89 bits per heavy atom. The first-order valence-electron chi connectivity index (χ1n) is 12.4. The number of carbonyl (C=O) groups excluding carboxylic acids is 1. The Morgan fingerprint density at radius 3 is 2.50 bits per heavy atom. The number of piperidine rings is 1. The molecule has 0 unspecified atom stereocenters. The van der Waals surface area contributed by atoms with Gasteiger partial charge < -0.3 is 20.0 Å². The third-order valence-corrected chi connectivity index (χ3v) is 6.88. The van der Waals surface area contributed by atoms with Crippen molar-refractivity contribution in [1.82, 2.24) is 4.90 Å². The number of halogens is 2. The molecule has 1 heterocycles. The summed E-state index contributed by atoms with van der Waals surface area (Å²) in [4.78, 5) is 18.6. The summed E-state index contributed by atoms with van der Waals surface area (Å²) in [6.45, 7) is 5.36. The number of amides is 1. The molecule has 1 amide bonds. The summed E-state index contributed by atoms with van der Waals surface area (Å²) in [6, 6.07) is 13.0. The number of ether oxygens (including phenoxy) is 2. The summed E-state index contributed by atoms with van der Waals surface area (Å²) in [5.74, 6) is 1.17. The van der Waals surface area contributed by atoms with Crippen LogP contribution in [0.5, 0.6) is 5.75 Å². The molecule has 0 bridgehead atoms. The quantitative estimate of drug-likeness (QED) is 0.260. The lowest BCUT2D eigenvalue weighted by atomic mass is 9.97. The molecule has 2 aromatic rings. The van der Waals surface area contributed by atoms with Gasteiger partial charge in [0.1, 0.15) is 24.7 Å². The molecule has 3 rings (SSSR count). The summed E-state index contributed by atoms with van der Waals surface area (Å²) < 4.78 is 11.4. The molecule has 1 saturated heterocycles. The number of unbranched alkanes of at least 4 members (excludes halogenated alkanes) is 1. The highest BCUT2D eigenvalue weighted by molar-refractivity contribution is 6.35. The summed E-state index contributed by atoms with van der Waals surface area (Å²) in [5, 5.41) is 5.35. The Bertz CT molecular complexity index is 1010. The van der Waals surface area contributed by atoms with Crippen LogP contribution in [0.25, 0.3) is 0 Å². The van der Waals surface area contributed by atoms with Crippen LogP contribution in [-0.2, 0) is 9.57 Å². The van der Waals surface area contributed by atoms with E-state index in [0.717, 1.165) is 62.9 Å². The Morgan fingerprint density at radius 1 is 1.17 bits per heavy atom. The minimum atomic E-state index is -0.696. The Labute approximate surface area is 223 Å². The summed E-state index contributed by atoms with van der Waals surface area (Å²) in [7, 11) is 1.50. The van der Waals surface area contributed by atoms with Crippen LogP contribution in [0.4, 0.5) is 4.79 Å². The largest absolute Gasteiger partial charge is 0.493 e. The molecule has 36 heavy (non-hydrogen) atoms. The molecule has 0 spiro atoms. The molecule has 7 nitrogen and oxygen atoms in total. The number of hydrogen-bond acceptors (Lipinski definition) is 6. The van der Waals surface area contributed by atoms with Gasteiger partial charge in [-0.05, 0) is 75.0 Å². The molecule has 0 radical (unpaired) electrons. The van der Waals surface area contributed by atoms with E-state index in [9.17, 15) is 4.79 Å². The van der Waals surface area contributed by atoms with E-state index in [-0.39, 0.29) is 6.10 Å². The van der Waals surface area contributed by atoms with Gasteiger partial charge in [-0.3, -0.25) is 4.90 Å². The maximum absolute atomic E-state index is 11.2. The van der Waals surface area contributed by atoms with Crippen LogP contribution in [0.3, 0.4) is 0 Å². The first kappa shape index (κ1) is 28.1. The van der Waals surface area contributed by atoms with Gasteiger partial charge in [0, 0.05) is 22.7 Å². The number of nitrogens with zero attached hydrogens (tertiary/aromatic N) is 2. The zero-order valence-corrected chi connectivity index (χ0v) is 22.4. The number of benzene rings is 2. The fraction of sp³-hybridized carbons (Fsp3) is 0.481. The Hall–Kier alpha value is -2.48. The van der Waals surface area contributed by atoms with E-state index in [2.05, 4.69) is 17.0 Å². The molecule has 9 heteroatoms. The number of likely N-dealkylation sites (tertiary alicyclic amines) is 1. The Balaban J connectivity index is 1.53. The second-order valence-corrected chi connectivity index (χ2v) is 9.87. The zero-order valence-electron chi connectivity index (χ0n) is 20.9. The van der Waals surface area contributed by atoms with Crippen molar-refractivity contribution in [1.29, 1.82) is 0 Å². The van der Waals surface area contributed by atoms with Crippen LogP contribution in [0, 0.1) is 5.92 Å². The molecule has 196 valence electrons. The smallest absolute Gasteiger partial charge is 0.404 e. The van der Waals surface area contributed by atoms with Crippen molar-refractivity contribution >= 4 is 35.0 Å². The van der Waals surface area contributed by atoms with Gasteiger partial charge in [0.25, 0.3) is 0 Å². The minimum absolute atomic E-state index is 0.143. The second-order valence-electron chi connectivity index (χ2n) is 9.03. The average Bonchev–Trinajstić information content (AvgIpc) is 2.86. The molecule has 1 aliphatic rings. The maximum Gasteiger partial charge on any atom is 0.404 e. The van der Waals surface area contributed by atoms with Gasteiger partial charge in [-0.25, -0.2) is 4.79 Å². The highest BCUT2D eigenvalue weighted by Crippen LogP contribution is 2.27. The highest BCUT2D eigenvalue weighted by atomic mass is 35.5. The summed E-state index contributed by atoms with van der Waals surface area (Å²) in [6.07, 6.45) is 4.11. The van der Waals surface area contributed by atoms with Crippen LogP contribution in [-0.4, -0.2) is 56.2 Å². The Kier molecular flexibility index (Phi) is 11.2. The van der Waals surface area contributed by atoms with Crippen LogP contribution in [0.1, 0.15) is 50.2 Å². The molecule has 0 aromatic heterocycles. The number of rotatable bonds is 12. The predicted molar refractivity (Wildman–Crippen MR) is 144 cm³/mol. The first-order chi connectivity index (χ1) is 17.4.